The van der Waals surface area contributed by atoms with Crippen molar-refractivity contribution in [2.24, 2.45) is 5.92 Å². The Morgan fingerprint density at radius 2 is 2.11 bits per heavy atom. The summed E-state index contributed by atoms with van der Waals surface area (Å²) in [5.74, 6) is -2.53. The molecule has 0 saturated carbocycles. The third-order valence-corrected chi connectivity index (χ3v) is 4.67. The van der Waals surface area contributed by atoms with Crippen LogP contribution in [0.15, 0.2) is 18.2 Å². The van der Waals surface area contributed by atoms with Crippen LogP contribution in [-0.4, -0.2) is 56.1 Å². The number of benzene rings is 1. The molecule has 2 saturated heterocycles. The van der Waals surface area contributed by atoms with Gasteiger partial charge in [-0.2, -0.15) is 0 Å². The van der Waals surface area contributed by atoms with E-state index in [0.29, 0.717) is 13.1 Å². The SMILES string of the molecule is CCOC(=O)C1CNCC1NC(=O)c1ccc(F)c(N2CCC(=O)NC2=O)c1. The lowest BCUT2D eigenvalue weighted by Crippen LogP contribution is -2.50. The quantitative estimate of drug-likeness (QED) is 0.615. The van der Waals surface area contributed by atoms with Gasteiger partial charge in [0.25, 0.3) is 5.91 Å². The van der Waals surface area contributed by atoms with E-state index in [1.165, 1.54) is 12.1 Å². The first-order chi connectivity index (χ1) is 13.4. The van der Waals surface area contributed by atoms with Crippen molar-refractivity contribution in [3.63, 3.8) is 0 Å². The van der Waals surface area contributed by atoms with Gasteiger partial charge in [-0.1, -0.05) is 0 Å². The van der Waals surface area contributed by atoms with E-state index in [1.54, 1.807) is 6.92 Å². The summed E-state index contributed by atoms with van der Waals surface area (Å²) in [6, 6.07) is 2.43. The predicted octanol–water partition coefficient (Wildman–Crippen LogP) is 0.153. The number of anilines is 1. The number of carbonyl (C=O) groups is 4. The third-order valence-electron chi connectivity index (χ3n) is 4.67. The standard InChI is InChI=1S/C18H21FN4O5/c1-2-28-17(26)11-8-20-9-13(11)21-16(25)10-3-4-12(19)14(7-10)23-6-5-15(24)22-18(23)27/h3-4,7,11,13,20H,2,5-6,8-9H2,1H3,(H,21,25)(H,22,24,27). The van der Waals surface area contributed by atoms with Gasteiger partial charge in [0.05, 0.1) is 24.3 Å². The Morgan fingerprint density at radius 3 is 2.82 bits per heavy atom. The molecule has 1 aromatic rings. The molecule has 0 bridgehead atoms. The Balaban J connectivity index is 1.75. The summed E-state index contributed by atoms with van der Waals surface area (Å²) in [6.07, 6.45) is 0.0383. The van der Waals surface area contributed by atoms with Crippen molar-refractivity contribution in [2.45, 2.75) is 19.4 Å². The van der Waals surface area contributed by atoms with Gasteiger partial charge in [0, 0.05) is 31.6 Å². The summed E-state index contributed by atoms with van der Waals surface area (Å²) in [7, 11) is 0. The Bertz CT molecular complexity index is 815. The number of esters is 1. The van der Waals surface area contributed by atoms with Crippen LogP contribution in [-0.2, 0) is 14.3 Å². The molecule has 2 unspecified atom stereocenters. The summed E-state index contributed by atoms with van der Waals surface area (Å²) in [6.45, 7) is 2.76. The molecular formula is C18H21FN4O5. The Morgan fingerprint density at radius 1 is 1.32 bits per heavy atom. The fraction of sp³-hybridized carbons (Fsp3) is 0.444. The average molecular weight is 392 g/mol. The average Bonchev–Trinajstić information content (AvgIpc) is 3.11. The summed E-state index contributed by atoms with van der Waals surface area (Å²) in [4.78, 5) is 48.9. The molecule has 0 spiro atoms. The van der Waals surface area contributed by atoms with E-state index in [2.05, 4.69) is 16.0 Å². The number of rotatable bonds is 5. The number of nitrogens with one attached hydrogen (secondary N) is 3. The number of nitrogens with zero attached hydrogens (tertiary/aromatic N) is 1. The lowest BCUT2D eigenvalue weighted by atomic mass is 10.0. The highest BCUT2D eigenvalue weighted by atomic mass is 19.1. The minimum atomic E-state index is -0.741. The van der Waals surface area contributed by atoms with E-state index in [9.17, 15) is 23.6 Å². The van der Waals surface area contributed by atoms with Crippen molar-refractivity contribution < 1.29 is 28.3 Å². The molecule has 9 nitrogen and oxygen atoms in total. The monoisotopic (exact) mass is 392 g/mol. The van der Waals surface area contributed by atoms with Crippen molar-refractivity contribution in [3.8, 4) is 0 Å². The molecular weight excluding hydrogens is 371 g/mol. The van der Waals surface area contributed by atoms with Gasteiger partial charge in [-0.15, -0.1) is 0 Å². The first kappa shape index (κ1) is 19.7. The van der Waals surface area contributed by atoms with Gasteiger partial charge in [-0.05, 0) is 25.1 Å². The van der Waals surface area contributed by atoms with Crippen LogP contribution in [0.1, 0.15) is 23.7 Å². The normalized spacial score (nSPS) is 22.0. The van der Waals surface area contributed by atoms with E-state index in [4.69, 9.17) is 4.74 Å². The Labute approximate surface area is 160 Å². The van der Waals surface area contributed by atoms with Gasteiger partial charge >= 0.3 is 12.0 Å². The Hall–Kier alpha value is -3.01. The molecule has 2 atom stereocenters. The fourth-order valence-corrected chi connectivity index (χ4v) is 3.23. The van der Waals surface area contributed by atoms with E-state index in [1.807, 2.05) is 0 Å². The van der Waals surface area contributed by atoms with Crippen LogP contribution in [0.2, 0.25) is 0 Å². The predicted molar refractivity (Wildman–Crippen MR) is 96.1 cm³/mol. The topological polar surface area (TPSA) is 117 Å². The van der Waals surface area contributed by atoms with Crippen LogP contribution in [0.5, 0.6) is 0 Å². The van der Waals surface area contributed by atoms with Crippen molar-refractivity contribution >= 4 is 29.5 Å². The lowest BCUT2D eigenvalue weighted by molar-refractivity contribution is -0.147. The van der Waals surface area contributed by atoms with Crippen LogP contribution >= 0.6 is 0 Å². The van der Waals surface area contributed by atoms with Gasteiger partial charge < -0.3 is 15.4 Å². The third kappa shape index (κ3) is 4.11. The maximum absolute atomic E-state index is 14.2. The number of amides is 4. The molecule has 2 fully saturated rings. The van der Waals surface area contributed by atoms with E-state index < -0.39 is 41.6 Å². The molecule has 2 aliphatic heterocycles. The van der Waals surface area contributed by atoms with Gasteiger partial charge in [-0.3, -0.25) is 24.6 Å². The van der Waals surface area contributed by atoms with Gasteiger partial charge in [0.1, 0.15) is 5.82 Å². The molecule has 3 N–H and O–H groups in total. The zero-order chi connectivity index (χ0) is 20.3. The second-order valence-corrected chi connectivity index (χ2v) is 6.52. The van der Waals surface area contributed by atoms with Crippen molar-refractivity contribution in [3.05, 3.63) is 29.6 Å². The van der Waals surface area contributed by atoms with Crippen LogP contribution in [0, 0.1) is 11.7 Å². The van der Waals surface area contributed by atoms with E-state index >= 15 is 0 Å². The highest BCUT2D eigenvalue weighted by molar-refractivity contribution is 6.06. The minimum Gasteiger partial charge on any atom is -0.466 e. The van der Waals surface area contributed by atoms with Crippen LogP contribution in [0.3, 0.4) is 0 Å². The van der Waals surface area contributed by atoms with Crippen LogP contribution < -0.4 is 20.9 Å². The van der Waals surface area contributed by atoms with Crippen LogP contribution in [0.4, 0.5) is 14.9 Å². The summed E-state index contributed by atoms with van der Waals surface area (Å²) in [5, 5.41) is 7.90. The molecule has 2 aliphatic rings. The molecule has 4 amide bonds. The molecule has 10 heteroatoms. The first-order valence-electron chi connectivity index (χ1n) is 8.99. The zero-order valence-corrected chi connectivity index (χ0v) is 15.3. The number of halogens is 1. The molecule has 0 aromatic heterocycles. The molecule has 2 heterocycles. The van der Waals surface area contributed by atoms with E-state index in [0.717, 1.165) is 11.0 Å². The molecule has 1 aromatic carbocycles. The lowest BCUT2D eigenvalue weighted by Gasteiger charge is -2.27. The number of carbonyl (C=O) groups excluding carboxylic acids is 4. The smallest absolute Gasteiger partial charge is 0.328 e. The Kier molecular flexibility index (Phi) is 5.88. The molecule has 0 aliphatic carbocycles. The minimum absolute atomic E-state index is 0.0180. The van der Waals surface area contributed by atoms with Crippen LogP contribution in [0.25, 0.3) is 0 Å². The summed E-state index contributed by atoms with van der Waals surface area (Å²) >= 11 is 0. The highest BCUT2D eigenvalue weighted by Gasteiger charge is 2.35. The second-order valence-electron chi connectivity index (χ2n) is 6.52. The fourth-order valence-electron chi connectivity index (χ4n) is 3.23. The zero-order valence-electron chi connectivity index (χ0n) is 15.3. The molecule has 28 heavy (non-hydrogen) atoms. The maximum atomic E-state index is 14.2. The molecule has 3 rings (SSSR count). The van der Waals surface area contributed by atoms with Gasteiger partial charge in [-0.25, -0.2) is 9.18 Å². The summed E-state index contributed by atoms with van der Waals surface area (Å²) < 4.78 is 19.3. The first-order valence-corrected chi connectivity index (χ1v) is 8.99. The largest absolute Gasteiger partial charge is 0.466 e. The van der Waals surface area contributed by atoms with E-state index in [-0.39, 0.29) is 30.8 Å². The summed E-state index contributed by atoms with van der Waals surface area (Å²) in [5.41, 5.74) is 0.0414. The second kappa shape index (κ2) is 8.34. The molecule has 0 radical (unpaired) electrons. The highest BCUT2D eigenvalue weighted by Crippen LogP contribution is 2.23. The maximum Gasteiger partial charge on any atom is 0.328 e. The number of ether oxygens (including phenoxy) is 1. The number of imide groups is 1. The van der Waals surface area contributed by atoms with Crippen molar-refractivity contribution in [1.29, 1.82) is 0 Å². The molecule has 150 valence electrons. The number of hydrogen-bond acceptors (Lipinski definition) is 6. The van der Waals surface area contributed by atoms with Gasteiger partial charge in [0.2, 0.25) is 5.91 Å². The number of hydrogen-bond donors (Lipinski definition) is 3. The van der Waals surface area contributed by atoms with Crippen molar-refractivity contribution in [2.75, 3.05) is 31.1 Å². The number of urea groups is 1. The van der Waals surface area contributed by atoms with Gasteiger partial charge in [0.15, 0.2) is 0 Å². The van der Waals surface area contributed by atoms with Crippen molar-refractivity contribution in [1.82, 2.24) is 16.0 Å².